The molecule has 31 heavy (non-hydrogen) atoms. The molecule has 1 heterocycles. The van der Waals surface area contributed by atoms with Crippen molar-refractivity contribution in [2.45, 2.75) is 129 Å². The van der Waals surface area contributed by atoms with E-state index in [0.717, 1.165) is 12.8 Å². The van der Waals surface area contributed by atoms with Crippen molar-refractivity contribution in [3.8, 4) is 0 Å². The van der Waals surface area contributed by atoms with Gasteiger partial charge in [0.25, 0.3) is 0 Å². The number of rotatable bonds is 4. The molecule has 1 aromatic rings. The predicted molar refractivity (Wildman–Crippen MR) is 149 cm³/mol. The van der Waals surface area contributed by atoms with Gasteiger partial charge in [-0.25, -0.2) is 0 Å². The molecular formula is C27H48OP2Si. The maximum absolute atomic E-state index is 12.6. The molecule has 0 aliphatic carbocycles. The van der Waals surface area contributed by atoms with Crippen molar-refractivity contribution in [1.82, 2.24) is 0 Å². The van der Waals surface area contributed by atoms with Crippen LogP contribution in [-0.2, 0) is 11.0 Å². The van der Waals surface area contributed by atoms with E-state index in [1.165, 1.54) is 6.16 Å². The van der Waals surface area contributed by atoms with Gasteiger partial charge in [0.15, 0.2) is 0 Å². The highest BCUT2D eigenvalue weighted by molar-refractivity contribution is 7.69. The van der Waals surface area contributed by atoms with E-state index in [2.05, 4.69) is 107 Å². The van der Waals surface area contributed by atoms with Crippen LogP contribution in [0.3, 0.4) is 0 Å². The Hall–Kier alpha value is -0.0331. The van der Waals surface area contributed by atoms with E-state index in [1.54, 1.807) is 16.1 Å². The summed E-state index contributed by atoms with van der Waals surface area (Å²) in [6.07, 6.45) is 2.64. The van der Waals surface area contributed by atoms with Crippen LogP contribution in [0.1, 0.15) is 87.6 Å². The lowest BCUT2D eigenvalue weighted by atomic mass is 9.96. The summed E-state index contributed by atoms with van der Waals surface area (Å²) >= 11 is 0. The van der Waals surface area contributed by atoms with Crippen LogP contribution in [-0.4, -0.2) is 34.5 Å². The lowest BCUT2D eigenvalue weighted by Crippen LogP contribution is -2.46. The van der Waals surface area contributed by atoms with Gasteiger partial charge in [0.05, 0.1) is 8.07 Å². The Balaban J connectivity index is 2.73. The van der Waals surface area contributed by atoms with Gasteiger partial charge in [-0.3, -0.25) is 4.79 Å². The topological polar surface area (TPSA) is 17.1 Å². The fourth-order valence-electron chi connectivity index (χ4n) is 5.68. The molecule has 1 saturated heterocycles. The zero-order valence-corrected chi connectivity index (χ0v) is 25.4. The SMILES string of the molecule is CC(C)(C)P(Cc1ccc([Si](C)(C)C)cc1P1C(C)(C)CC(=O)CC1(C)C)C(C)(C)C. The third-order valence-corrected chi connectivity index (χ3v) is 16.2. The number of hydrogen-bond acceptors (Lipinski definition) is 1. The van der Waals surface area contributed by atoms with Crippen LogP contribution in [0.5, 0.6) is 0 Å². The second kappa shape index (κ2) is 8.63. The molecule has 0 saturated carbocycles. The lowest BCUT2D eigenvalue weighted by Gasteiger charge is -2.50. The van der Waals surface area contributed by atoms with Crippen LogP contribution in [0, 0.1) is 0 Å². The van der Waals surface area contributed by atoms with E-state index >= 15 is 0 Å². The van der Waals surface area contributed by atoms with E-state index in [1.807, 2.05) is 0 Å². The molecule has 0 N–H and O–H groups in total. The summed E-state index contributed by atoms with van der Waals surface area (Å²) in [6, 6.07) is 7.53. The summed E-state index contributed by atoms with van der Waals surface area (Å²) in [5.74, 6) is 0.447. The van der Waals surface area contributed by atoms with E-state index in [9.17, 15) is 4.79 Å². The van der Waals surface area contributed by atoms with Gasteiger partial charge in [-0.15, -0.1) is 0 Å². The summed E-state index contributed by atoms with van der Waals surface area (Å²) in [4.78, 5) is 12.6. The molecule has 0 atom stereocenters. The third kappa shape index (κ3) is 6.31. The third-order valence-electron chi connectivity index (χ3n) is 6.61. The number of benzene rings is 1. The smallest absolute Gasteiger partial charge is 0.134 e. The Kier molecular flexibility index (Phi) is 7.58. The van der Waals surface area contributed by atoms with Gasteiger partial charge in [0.2, 0.25) is 0 Å². The monoisotopic (exact) mass is 478 g/mol. The molecule has 0 unspecified atom stereocenters. The average molecular weight is 479 g/mol. The number of ketones is 1. The Morgan fingerprint density at radius 3 is 1.74 bits per heavy atom. The Morgan fingerprint density at radius 2 is 1.35 bits per heavy atom. The molecule has 0 spiro atoms. The Morgan fingerprint density at radius 1 is 0.903 bits per heavy atom. The zero-order chi connectivity index (χ0) is 24.2. The van der Waals surface area contributed by atoms with Crippen LogP contribution < -0.4 is 10.5 Å². The van der Waals surface area contributed by atoms with Crippen LogP contribution in [0.2, 0.25) is 19.6 Å². The molecule has 0 aromatic heterocycles. The summed E-state index contributed by atoms with van der Waals surface area (Å²) in [5, 5.41) is 3.89. The van der Waals surface area contributed by atoms with Crippen molar-refractivity contribution in [1.29, 1.82) is 0 Å². The number of carbonyl (C=O) groups is 1. The van der Waals surface area contributed by atoms with Gasteiger partial charge in [0.1, 0.15) is 5.78 Å². The summed E-state index contributed by atoms with van der Waals surface area (Å²) in [5.41, 5.74) is 1.57. The molecule has 1 aromatic carbocycles. The van der Waals surface area contributed by atoms with Gasteiger partial charge in [0, 0.05) is 12.8 Å². The van der Waals surface area contributed by atoms with Crippen LogP contribution in [0.4, 0.5) is 0 Å². The standard InChI is InChI=1S/C27H48OP2Si/c1-24(2,3)29(25(4,5)6)19-20-14-15-22(31(11,12)13)16-23(20)30-26(7,8)17-21(28)18-27(30,9)10/h14-16H,17-19H2,1-13H3. The molecule has 0 bridgehead atoms. The first kappa shape index (κ1) is 27.2. The van der Waals surface area contributed by atoms with Gasteiger partial charge in [-0.2, -0.15) is 0 Å². The largest absolute Gasteiger partial charge is 0.300 e. The molecule has 1 aliphatic rings. The van der Waals surface area contributed by atoms with Crippen molar-refractivity contribution in [2.24, 2.45) is 0 Å². The van der Waals surface area contributed by atoms with Crippen molar-refractivity contribution in [3.63, 3.8) is 0 Å². The van der Waals surface area contributed by atoms with Gasteiger partial charge in [-0.05, 0) is 37.7 Å². The van der Waals surface area contributed by atoms with E-state index < -0.39 is 16.0 Å². The van der Waals surface area contributed by atoms with Crippen LogP contribution in [0.25, 0.3) is 0 Å². The minimum Gasteiger partial charge on any atom is -0.300 e. The van der Waals surface area contributed by atoms with Crippen molar-refractivity contribution >= 4 is 40.2 Å². The molecule has 0 radical (unpaired) electrons. The second-order valence-electron chi connectivity index (χ2n) is 13.9. The molecule has 176 valence electrons. The Labute approximate surface area is 197 Å². The van der Waals surface area contributed by atoms with Crippen LogP contribution in [0.15, 0.2) is 18.2 Å². The lowest BCUT2D eigenvalue weighted by molar-refractivity contribution is -0.120. The first-order chi connectivity index (χ1) is 13.7. The maximum atomic E-state index is 12.6. The molecule has 0 amide bonds. The average Bonchev–Trinajstić information content (AvgIpc) is 2.47. The fourth-order valence-corrected chi connectivity index (χ4v) is 15.0. The highest BCUT2D eigenvalue weighted by Gasteiger charge is 2.48. The van der Waals surface area contributed by atoms with E-state index in [-0.39, 0.29) is 18.2 Å². The first-order valence-corrected chi connectivity index (χ1v) is 18.3. The summed E-state index contributed by atoms with van der Waals surface area (Å²) in [6.45, 7) is 31.4. The molecular weight excluding hydrogens is 430 g/mol. The quantitative estimate of drug-likeness (QED) is 0.318. The normalized spacial score (nSPS) is 20.4. The Bertz CT molecular complexity index is 785. The zero-order valence-electron chi connectivity index (χ0n) is 22.7. The minimum atomic E-state index is -1.42. The highest BCUT2D eigenvalue weighted by atomic mass is 31.1. The molecule has 1 fully saturated rings. The van der Waals surface area contributed by atoms with Gasteiger partial charge < -0.3 is 0 Å². The van der Waals surface area contributed by atoms with Gasteiger partial charge in [-0.1, -0.05) is 128 Å². The fraction of sp³-hybridized carbons (Fsp3) is 0.741. The van der Waals surface area contributed by atoms with E-state index in [4.69, 9.17) is 0 Å². The number of carbonyl (C=O) groups excluding carboxylic acids is 1. The number of Topliss-reactive ketones (excluding diaryl/α,β-unsaturated/α-hetero) is 1. The molecule has 4 heteroatoms. The summed E-state index contributed by atoms with van der Waals surface area (Å²) in [7, 11) is -2.09. The van der Waals surface area contributed by atoms with Crippen molar-refractivity contribution < 1.29 is 4.79 Å². The first-order valence-electron chi connectivity index (χ1n) is 11.9. The molecule has 1 aliphatic heterocycles. The van der Waals surface area contributed by atoms with Crippen molar-refractivity contribution in [2.75, 3.05) is 0 Å². The predicted octanol–water partition coefficient (Wildman–Crippen LogP) is 7.84. The van der Waals surface area contributed by atoms with Crippen molar-refractivity contribution in [3.05, 3.63) is 23.8 Å². The maximum Gasteiger partial charge on any atom is 0.134 e. The highest BCUT2D eigenvalue weighted by Crippen LogP contribution is 2.66. The van der Waals surface area contributed by atoms with Crippen LogP contribution >= 0.6 is 15.8 Å². The van der Waals surface area contributed by atoms with Gasteiger partial charge >= 0.3 is 0 Å². The van der Waals surface area contributed by atoms with E-state index in [0.29, 0.717) is 16.1 Å². The number of hydrogen-bond donors (Lipinski definition) is 0. The molecule has 2 rings (SSSR count). The summed E-state index contributed by atoms with van der Waals surface area (Å²) < 4.78 is 0. The minimum absolute atomic E-state index is 0.0488. The molecule has 1 nitrogen and oxygen atoms in total. The second-order valence-corrected chi connectivity index (χ2v) is 26.4.